The van der Waals surface area contributed by atoms with E-state index in [0.717, 1.165) is 16.7 Å². The third-order valence-electron chi connectivity index (χ3n) is 5.08. The monoisotopic (exact) mass is 395 g/mol. The van der Waals surface area contributed by atoms with Gasteiger partial charge in [0.1, 0.15) is 5.75 Å². The fraction of sp³-hybridized carbons (Fsp3) is 0.348. The highest BCUT2D eigenvalue weighted by Gasteiger charge is 2.27. The Kier molecular flexibility index (Phi) is 6.01. The quantitative estimate of drug-likeness (QED) is 0.566. The van der Waals surface area contributed by atoms with Crippen LogP contribution >= 0.6 is 0 Å². The number of rotatable bonds is 7. The van der Waals surface area contributed by atoms with E-state index in [-0.39, 0.29) is 30.8 Å². The van der Waals surface area contributed by atoms with Crippen LogP contribution in [0.15, 0.2) is 36.4 Å². The van der Waals surface area contributed by atoms with Crippen LogP contribution in [0.3, 0.4) is 0 Å². The highest BCUT2D eigenvalue weighted by Crippen LogP contribution is 2.32. The zero-order valence-electron chi connectivity index (χ0n) is 17.1. The molecule has 1 aliphatic rings. The van der Waals surface area contributed by atoms with E-state index in [0.29, 0.717) is 22.9 Å². The summed E-state index contributed by atoms with van der Waals surface area (Å²) in [6.45, 7) is 7.21. The van der Waals surface area contributed by atoms with Gasteiger partial charge in [0.15, 0.2) is 19.0 Å². The topological polar surface area (TPSA) is 81.7 Å². The molecule has 0 spiro atoms. The Morgan fingerprint density at radius 2 is 1.86 bits per heavy atom. The minimum Gasteiger partial charge on any atom is -0.482 e. The summed E-state index contributed by atoms with van der Waals surface area (Å²) in [5.74, 6) is -0.361. The number of ketones is 1. The van der Waals surface area contributed by atoms with Crippen LogP contribution in [-0.2, 0) is 14.3 Å². The van der Waals surface area contributed by atoms with Crippen molar-refractivity contribution in [3.05, 3.63) is 58.7 Å². The van der Waals surface area contributed by atoms with Crippen molar-refractivity contribution in [2.75, 3.05) is 18.5 Å². The standard InChI is InChI=1S/C23H25NO5/c1-13(2)16-6-5-14(3)21(10-16)28-12-22(26)29-11-20(25)17-7-8-19-18(9-17)15(4)23(27)24-19/h5-10,13,15H,11-12H2,1-4H3,(H,24,27)/t15-/m0/s1. The fourth-order valence-corrected chi connectivity index (χ4v) is 3.13. The van der Waals surface area contributed by atoms with Crippen molar-refractivity contribution in [2.24, 2.45) is 0 Å². The Morgan fingerprint density at radius 1 is 1.10 bits per heavy atom. The second-order valence-corrected chi connectivity index (χ2v) is 7.57. The Bertz CT molecular complexity index is 964. The van der Waals surface area contributed by atoms with Gasteiger partial charge in [0, 0.05) is 11.3 Å². The van der Waals surface area contributed by atoms with Crippen LogP contribution in [0.5, 0.6) is 5.75 Å². The van der Waals surface area contributed by atoms with Crippen molar-refractivity contribution in [1.29, 1.82) is 0 Å². The summed E-state index contributed by atoms with van der Waals surface area (Å²) in [7, 11) is 0. The summed E-state index contributed by atoms with van der Waals surface area (Å²) in [5, 5.41) is 2.76. The molecule has 2 aromatic carbocycles. The average Bonchev–Trinajstić information content (AvgIpc) is 2.98. The van der Waals surface area contributed by atoms with Gasteiger partial charge in [-0.05, 0) is 60.7 Å². The smallest absolute Gasteiger partial charge is 0.344 e. The molecule has 3 rings (SSSR count). The molecule has 0 saturated heterocycles. The van der Waals surface area contributed by atoms with E-state index in [9.17, 15) is 14.4 Å². The molecule has 6 nitrogen and oxygen atoms in total. The average molecular weight is 395 g/mol. The molecule has 152 valence electrons. The van der Waals surface area contributed by atoms with Crippen molar-refractivity contribution in [3.63, 3.8) is 0 Å². The largest absolute Gasteiger partial charge is 0.482 e. The number of fused-ring (bicyclic) bond motifs is 1. The van der Waals surface area contributed by atoms with E-state index in [1.54, 1.807) is 25.1 Å². The van der Waals surface area contributed by atoms with Gasteiger partial charge < -0.3 is 14.8 Å². The Labute approximate surface area is 170 Å². The van der Waals surface area contributed by atoms with Crippen LogP contribution < -0.4 is 10.1 Å². The molecule has 1 N–H and O–H groups in total. The fourth-order valence-electron chi connectivity index (χ4n) is 3.13. The van der Waals surface area contributed by atoms with Gasteiger partial charge in [-0.2, -0.15) is 0 Å². The molecule has 1 aliphatic heterocycles. The molecule has 0 aromatic heterocycles. The van der Waals surface area contributed by atoms with Gasteiger partial charge in [0.25, 0.3) is 0 Å². The zero-order chi connectivity index (χ0) is 21.1. The molecule has 0 fully saturated rings. The number of esters is 1. The number of ether oxygens (including phenoxy) is 2. The zero-order valence-corrected chi connectivity index (χ0v) is 17.1. The number of aryl methyl sites for hydroxylation is 1. The molecule has 1 heterocycles. The number of carbonyl (C=O) groups excluding carboxylic acids is 3. The summed E-state index contributed by atoms with van der Waals surface area (Å²) >= 11 is 0. The number of carbonyl (C=O) groups is 3. The van der Waals surface area contributed by atoms with E-state index in [1.165, 1.54) is 0 Å². The second kappa shape index (κ2) is 8.47. The number of Topliss-reactive ketones (excluding diaryl/α,β-unsaturated/α-hetero) is 1. The molecule has 29 heavy (non-hydrogen) atoms. The van der Waals surface area contributed by atoms with Crippen LogP contribution in [0.1, 0.15) is 59.7 Å². The number of nitrogens with one attached hydrogen (secondary N) is 1. The summed E-state index contributed by atoms with van der Waals surface area (Å²) < 4.78 is 10.7. The van der Waals surface area contributed by atoms with Gasteiger partial charge in [-0.3, -0.25) is 9.59 Å². The third kappa shape index (κ3) is 4.65. The van der Waals surface area contributed by atoms with Gasteiger partial charge in [0.2, 0.25) is 5.91 Å². The molecule has 0 radical (unpaired) electrons. The Balaban J connectivity index is 1.54. The van der Waals surface area contributed by atoms with Gasteiger partial charge in [-0.1, -0.05) is 26.0 Å². The molecular weight excluding hydrogens is 370 g/mol. The van der Waals surface area contributed by atoms with Crippen LogP contribution in [0.2, 0.25) is 0 Å². The molecule has 2 aromatic rings. The first-order valence-electron chi connectivity index (χ1n) is 9.63. The second-order valence-electron chi connectivity index (χ2n) is 7.57. The lowest BCUT2D eigenvalue weighted by Crippen LogP contribution is -2.20. The van der Waals surface area contributed by atoms with E-state index >= 15 is 0 Å². The lowest BCUT2D eigenvalue weighted by molar-refractivity contribution is -0.144. The highest BCUT2D eigenvalue weighted by molar-refractivity contribution is 6.05. The van der Waals surface area contributed by atoms with Crippen molar-refractivity contribution in [1.82, 2.24) is 0 Å². The summed E-state index contributed by atoms with van der Waals surface area (Å²) in [4.78, 5) is 36.1. The van der Waals surface area contributed by atoms with E-state index in [1.807, 2.05) is 25.1 Å². The molecular formula is C23H25NO5. The first-order chi connectivity index (χ1) is 13.8. The van der Waals surface area contributed by atoms with Crippen LogP contribution in [0, 0.1) is 6.92 Å². The van der Waals surface area contributed by atoms with E-state index in [4.69, 9.17) is 9.47 Å². The van der Waals surface area contributed by atoms with Crippen LogP contribution in [-0.4, -0.2) is 30.9 Å². The minimum absolute atomic E-state index is 0.0926. The maximum absolute atomic E-state index is 12.4. The predicted molar refractivity (Wildman–Crippen MR) is 110 cm³/mol. The maximum atomic E-state index is 12.4. The highest BCUT2D eigenvalue weighted by atomic mass is 16.6. The molecule has 0 unspecified atom stereocenters. The Hall–Kier alpha value is -3.15. The van der Waals surface area contributed by atoms with Gasteiger partial charge in [-0.15, -0.1) is 0 Å². The molecule has 0 bridgehead atoms. The minimum atomic E-state index is -0.612. The molecule has 1 atom stereocenters. The first-order valence-corrected chi connectivity index (χ1v) is 9.63. The van der Waals surface area contributed by atoms with Gasteiger partial charge in [0.05, 0.1) is 5.92 Å². The van der Waals surface area contributed by atoms with Crippen molar-refractivity contribution in [2.45, 2.75) is 39.5 Å². The lowest BCUT2D eigenvalue weighted by atomic mass is 9.99. The summed E-state index contributed by atoms with van der Waals surface area (Å²) in [6, 6.07) is 10.9. The van der Waals surface area contributed by atoms with Crippen molar-refractivity contribution in [3.8, 4) is 5.75 Å². The summed E-state index contributed by atoms with van der Waals surface area (Å²) in [5.41, 5.74) is 3.93. The number of hydrogen-bond donors (Lipinski definition) is 1. The Morgan fingerprint density at radius 3 is 2.59 bits per heavy atom. The van der Waals surface area contributed by atoms with E-state index in [2.05, 4.69) is 19.2 Å². The molecule has 0 saturated carbocycles. The number of hydrogen-bond acceptors (Lipinski definition) is 5. The lowest BCUT2D eigenvalue weighted by Gasteiger charge is -2.12. The normalized spacial score (nSPS) is 15.1. The van der Waals surface area contributed by atoms with Crippen molar-refractivity contribution < 1.29 is 23.9 Å². The maximum Gasteiger partial charge on any atom is 0.344 e. The number of anilines is 1. The van der Waals surface area contributed by atoms with Gasteiger partial charge >= 0.3 is 5.97 Å². The van der Waals surface area contributed by atoms with Crippen LogP contribution in [0.4, 0.5) is 5.69 Å². The number of amides is 1. The van der Waals surface area contributed by atoms with Gasteiger partial charge in [-0.25, -0.2) is 4.79 Å². The first kappa shape index (κ1) is 20.6. The molecule has 1 amide bonds. The van der Waals surface area contributed by atoms with E-state index < -0.39 is 5.97 Å². The molecule has 6 heteroatoms. The predicted octanol–water partition coefficient (Wildman–Crippen LogP) is 3.98. The number of benzene rings is 2. The van der Waals surface area contributed by atoms with Crippen LogP contribution in [0.25, 0.3) is 0 Å². The third-order valence-corrected chi connectivity index (χ3v) is 5.08. The van der Waals surface area contributed by atoms with Crippen molar-refractivity contribution >= 4 is 23.3 Å². The molecule has 0 aliphatic carbocycles. The summed E-state index contributed by atoms with van der Waals surface area (Å²) in [6.07, 6.45) is 0. The SMILES string of the molecule is Cc1ccc(C(C)C)cc1OCC(=O)OCC(=O)c1ccc2c(c1)[C@H](C)C(=O)N2.